The molecule has 0 aliphatic heterocycles. The van der Waals surface area contributed by atoms with Gasteiger partial charge in [0.25, 0.3) is 0 Å². The molecule has 2 saturated carbocycles. The van der Waals surface area contributed by atoms with Gasteiger partial charge in [-0.15, -0.1) is 0 Å². The Bertz CT molecular complexity index is 1110. The number of aromatic nitrogens is 1. The highest BCUT2D eigenvalue weighted by atomic mass is 19.1. The summed E-state index contributed by atoms with van der Waals surface area (Å²) >= 11 is 0. The largest absolute Gasteiger partial charge is 0.353 e. The van der Waals surface area contributed by atoms with Gasteiger partial charge < -0.3 is 10.3 Å². The summed E-state index contributed by atoms with van der Waals surface area (Å²) in [5, 5.41) is 3.63. The summed E-state index contributed by atoms with van der Waals surface area (Å²) in [5.41, 5.74) is 2.48. The summed E-state index contributed by atoms with van der Waals surface area (Å²) in [6.07, 6.45) is 3.66. The van der Waals surface area contributed by atoms with Crippen molar-refractivity contribution in [1.29, 1.82) is 0 Å². The molecule has 2 aliphatic carbocycles. The quantitative estimate of drug-likeness (QED) is 0.558. The van der Waals surface area contributed by atoms with E-state index in [4.69, 9.17) is 0 Å². The Morgan fingerprint density at radius 1 is 1.07 bits per heavy atom. The zero-order valence-electron chi connectivity index (χ0n) is 16.6. The molecule has 156 valence electrons. The van der Waals surface area contributed by atoms with Gasteiger partial charge in [0.1, 0.15) is 17.5 Å². The lowest BCUT2D eigenvalue weighted by Crippen LogP contribution is -2.45. The summed E-state index contributed by atoms with van der Waals surface area (Å²) in [6.45, 7) is 1.97. The molecule has 0 spiro atoms. The number of carbonyl (C=O) groups is 1. The van der Waals surface area contributed by atoms with Crippen LogP contribution < -0.4 is 5.32 Å². The number of benzene rings is 2. The first kappa shape index (κ1) is 19.2. The van der Waals surface area contributed by atoms with Crippen molar-refractivity contribution in [2.45, 2.75) is 44.6 Å². The Hall–Kier alpha value is -2.76. The van der Waals surface area contributed by atoms with Crippen LogP contribution in [0.3, 0.4) is 0 Å². The predicted molar refractivity (Wildman–Crippen MR) is 109 cm³/mol. The minimum Gasteiger partial charge on any atom is -0.353 e. The molecule has 1 aromatic heterocycles. The number of hydrogen-bond acceptors (Lipinski definition) is 1. The second-order valence-electron chi connectivity index (χ2n) is 8.73. The lowest BCUT2D eigenvalue weighted by molar-refractivity contribution is -0.126. The van der Waals surface area contributed by atoms with E-state index in [1.54, 1.807) is 12.1 Å². The first-order valence-corrected chi connectivity index (χ1v) is 10.5. The molecule has 2 aliphatic rings. The first-order valence-electron chi connectivity index (χ1n) is 10.5. The SMILES string of the molecule is CC(C(=O)NC1CC(c2c(-c3ccc(F)cc3)[nH]c3c(F)cc(F)cc23)C1)C1CC1. The van der Waals surface area contributed by atoms with Crippen LogP contribution in [0.1, 0.15) is 44.1 Å². The van der Waals surface area contributed by atoms with Crippen molar-refractivity contribution in [1.82, 2.24) is 10.3 Å². The Morgan fingerprint density at radius 3 is 2.43 bits per heavy atom. The monoisotopic (exact) mass is 412 g/mol. The number of nitrogens with one attached hydrogen (secondary N) is 2. The number of H-pyrrole nitrogens is 1. The molecule has 1 atom stereocenters. The molecule has 2 fully saturated rings. The van der Waals surface area contributed by atoms with Gasteiger partial charge in [-0.25, -0.2) is 13.2 Å². The maximum absolute atomic E-state index is 14.4. The van der Waals surface area contributed by atoms with Gasteiger partial charge in [0.05, 0.1) is 11.2 Å². The number of rotatable bonds is 5. The maximum atomic E-state index is 14.4. The third kappa shape index (κ3) is 3.38. The smallest absolute Gasteiger partial charge is 0.223 e. The molecule has 3 aromatic rings. The van der Waals surface area contributed by atoms with Crippen LogP contribution in [0.5, 0.6) is 0 Å². The summed E-state index contributed by atoms with van der Waals surface area (Å²) in [7, 11) is 0. The van der Waals surface area contributed by atoms with Gasteiger partial charge in [-0.05, 0) is 79.0 Å². The fourth-order valence-electron chi connectivity index (χ4n) is 4.62. The van der Waals surface area contributed by atoms with Crippen LogP contribution in [0.25, 0.3) is 22.2 Å². The van der Waals surface area contributed by atoms with Gasteiger partial charge in [-0.1, -0.05) is 6.92 Å². The molecule has 0 bridgehead atoms. The standard InChI is InChI=1S/C24H23F3N2O/c1-12(13-2-3-13)24(30)28-18-8-15(9-18)21-19-10-17(26)11-20(27)23(19)29-22(21)14-4-6-16(25)7-5-14/h4-7,10-13,15,18,29H,2-3,8-9H2,1H3,(H,28,30). The van der Waals surface area contributed by atoms with Gasteiger partial charge in [0.15, 0.2) is 0 Å². The van der Waals surface area contributed by atoms with Crippen LogP contribution in [-0.2, 0) is 4.79 Å². The van der Waals surface area contributed by atoms with E-state index < -0.39 is 11.6 Å². The van der Waals surface area contributed by atoms with E-state index >= 15 is 0 Å². The topological polar surface area (TPSA) is 44.9 Å². The van der Waals surface area contributed by atoms with E-state index in [1.807, 2.05) is 6.92 Å². The Balaban J connectivity index is 1.45. The van der Waals surface area contributed by atoms with Crippen LogP contribution in [-0.4, -0.2) is 16.9 Å². The van der Waals surface area contributed by atoms with Crippen LogP contribution in [0.2, 0.25) is 0 Å². The van der Waals surface area contributed by atoms with Crippen molar-refractivity contribution in [3.63, 3.8) is 0 Å². The van der Waals surface area contributed by atoms with E-state index in [2.05, 4.69) is 10.3 Å². The predicted octanol–water partition coefficient (Wildman–Crippen LogP) is 5.66. The number of aromatic amines is 1. The average Bonchev–Trinajstić information content (AvgIpc) is 3.46. The van der Waals surface area contributed by atoms with Crippen molar-refractivity contribution in [2.24, 2.45) is 11.8 Å². The lowest BCUT2D eigenvalue weighted by Gasteiger charge is -2.37. The second-order valence-corrected chi connectivity index (χ2v) is 8.73. The van der Waals surface area contributed by atoms with Crippen molar-refractivity contribution in [3.05, 3.63) is 59.4 Å². The molecule has 1 unspecified atom stereocenters. The normalized spacial score (nSPS) is 22.0. The molecule has 5 rings (SSSR count). The molecule has 1 amide bonds. The van der Waals surface area contributed by atoms with Crippen molar-refractivity contribution in [3.8, 4) is 11.3 Å². The highest BCUT2D eigenvalue weighted by Crippen LogP contribution is 2.46. The summed E-state index contributed by atoms with van der Waals surface area (Å²) in [5.74, 6) is -0.946. The molecule has 2 aromatic carbocycles. The Morgan fingerprint density at radius 2 is 1.77 bits per heavy atom. The van der Waals surface area contributed by atoms with E-state index in [0.29, 0.717) is 29.8 Å². The molecular formula is C24H23F3N2O. The number of amides is 1. The van der Waals surface area contributed by atoms with E-state index in [1.165, 1.54) is 18.2 Å². The highest BCUT2D eigenvalue weighted by molar-refractivity contribution is 5.92. The molecule has 1 heterocycles. The van der Waals surface area contributed by atoms with Gasteiger partial charge in [0.2, 0.25) is 5.91 Å². The number of hydrogen-bond donors (Lipinski definition) is 2. The van der Waals surface area contributed by atoms with Crippen LogP contribution in [0.4, 0.5) is 13.2 Å². The van der Waals surface area contributed by atoms with E-state index in [-0.39, 0.29) is 35.1 Å². The Labute approximate surface area is 172 Å². The summed E-state index contributed by atoms with van der Waals surface area (Å²) < 4.78 is 41.8. The van der Waals surface area contributed by atoms with Crippen LogP contribution >= 0.6 is 0 Å². The van der Waals surface area contributed by atoms with E-state index in [9.17, 15) is 18.0 Å². The van der Waals surface area contributed by atoms with Crippen LogP contribution in [0, 0.1) is 29.3 Å². The number of halogens is 3. The average molecular weight is 412 g/mol. The highest BCUT2D eigenvalue weighted by Gasteiger charge is 2.38. The summed E-state index contributed by atoms with van der Waals surface area (Å²) in [4.78, 5) is 15.5. The molecule has 30 heavy (non-hydrogen) atoms. The first-order chi connectivity index (χ1) is 14.4. The number of carbonyl (C=O) groups excluding carboxylic acids is 1. The zero-order valence-corrected chi connectivity index (χ0v) is 16.6. The fourth-order valence-corrected chi connectivity index (χ4v) is 4.62. The lowest BCUT2D eigenvalue weighted by atomic mass is 9.74. The molecular weight excluding hydrogens is 389 g/mol. The van der Waals surface area contributed by atoms with Crippen molar-refractivity contribution in [2.75, 3.05) is 0 Å². The fraction of sp³-hybridized carbons (Fsp3) is 0.375. The molecule has 6 heteroatoms. The van der Waals surface area contributed by atoms with Gasteiger partial charge in [0, 0.05) is 23.4 Å². The molecule has 2 N–H and O–H groups in total. The minimum atomic E-state index is -0.651. The number of fused-ring (bicyclic) bond motifs is 1. The third-order valence-electron chi connectivity index (χ3n) is 6.63. The minimum absolute atomic E-state index is 0.0371. The zero-order chi connectivity index (χ0) is 21.0. The summed E-state index contributed by atoms with van der Waals surface area (Å²) in [6, 6.07) is 8.24. The molecule has 3 nitrogen and oxygen atoms in total. The van der Waals surface area contributed by atoms with Crippen LogP contribution in [0.15, 0.2) is 36.4 Å². The Kier molecular flexibility index (Phi) is 4.60. The van der Waals surface area contributed by atoms with E-state index in [0.717, 1.165) is 30.0 Å². The molecule has 0 saturated heterocycles. The van der Waals surface area contributed by atoms with Gasteiger partial charge in [-0.2, -0.15) is 0 Å². The van der Waals surface area contributed by atoms with Crippen molar-refractivity contribution >= 4 is 16.8 Å². The maximum Gasteiger partial charge on any atom is 0.223 e. The van der Waals surface area contributed by atoms with Crippen molar-refractivity contribution < 1.29 is 18.0 Å². The molecule has 0 radical (unpaired) electrons. The van der Waals surface area contributed by atoms with Gasteiger partial charge in [-0.3, -0.25) is 4.79 Å². The second kappa shape index (κ2) is 7.18. The third-order valence-corrected chi connectivity index (χ3v) is 6.63. The van der Waals surface area contributed by atoms with Gasteiger partial charge >= 0.3 is 0 Å².